The molecule has 0 aliphatic carbocycles. The molecule has 5 nitrogen and oxygen atoms in total. The lowest BCUT2D eigenvalue weighted by molar-refractivity contribution is -0.119. The van der Waals surface area contributed by atoms with Crippen molar-refractivity contribution in [1.29, 1.82) is 0 Å². The zero-order chi connectivity index (χ0) is 13.5. The van der Waals surface area contributed by atoms with Gasteiger partial charge in [-0.25, -0.2) is 9.97 Å². The van der Waals surface area contributed by atoms with Crippen molar-refractivity contribution < 1.29 is 4.79 Å². The van der Waals surface area contributed by atoms with Crippen molar-refractivity contribution >= 4 is 11.6 Å². The van der Waals surface area contributed by atoms with Gasteiger partial charge in [0.15, 0.2) is 0 Å². The van der Waals surface area contributed by atoms with Gasteiger partial charge < -0.3 is 11.1 Å². The van der Waals surface area contributed by atoms with E-state index in [-0.39, 0.29) is 11.8 Å². The number of hydrogen-bond donors (Lipinski definition) is 2. The maximum absolute atomic E-state index is 12.1. The fourth-order valence-corrected chi connectivity index (χ4v) is 1.79. The minimum atomic E-state index is -0.261. The SMILES string of the molecule is NCC(Cc1ccccc1)C(=O)Nc1cncnc1. The fourth-order valence-electron chi connectivity index (χ4n) is 1.79. The number of carbonyl (C=O) groups excluding carboxylic acids is 1. The number of benzene rings is 1. The van der Waals surface area contributed by atoms with E-state index in [4.69, 9.17) is 5.73 Å². The third kappa shape index (κ3) is 3.86. The quantitative estimate of drug-likeness (QED) is 0.843. The van der Waals surface area contributed by atoms with Crippen LogP contribution >= 0.6 is 0 Å². The molecule has 0 spiro atoms. The number of rotatable bonds is 5. The highest BCUT2D eigenvalue weighted by molar-refractivity contribution is 5.92. The van der Waals surface area contributed by atoms with Crippen LogP contribution in [0, 0.1) is 5.92 Å². The molecule has 19 heavy (non-hydrogen) atoms. The second kappa shape index (κ2) is 6.61. The van der Waals surface area contributed by atoms with Crippen LogP contribution in [0.15, 0.2) is 49.1 Å². The minimum Gasteiger partial charge on any atom is -0.330 e. The third-order valence-corrected chi connectivity index (χ3v) is 2.81. The molecule has 1 aromatic carbocycles. The van der Waals surface area contributed by atoms with E-state index in [9.17, 15) is 4.79 Å². The zero-order valence-electron chi connectivity index (χ0n) is 10.5. The standard InChI is InChI=1S/C14H16N4O/c15-7-12(6-11-4-2-1-3-5-11)14(19)18-13-8-16-10-17-9-13/h1-5,8-10,12H,6-7,15H2,(H,18,19). The highest BCUT2D eigenvalue weighted by Gasteiger charge is 2.17. The number of hydrogen-bond acceptors (Lipinski definition) is 4. The van der Waals surface area contributed by atoms with Crippen LogP contribution in [0.4, 0.5) is 5.69 Å². The Hall–Kier alpha value is -2.27. The van der Waals surface area contributed by atoms with Crippen molar-refractivity contribution in [3.05, 3.63) is 54.6 Å². The Morgan fingerprint density at radius 1 is 1.21 bits per heavy atom. The molecule has 1 aromatic heterocycles. The summed E-state index contributed by atoms with van der Waals surface area (Å²) >= 11 is 0. The van der Waals surface area contributed by atoms with Gasteiger partial charge >= 0.3 is 0 Å². The van der Waals surface area contributed by atoms with Gasteiger partial charge in [0.05, 0.1) is 24.0 Å². The number of nitrogens with one attached hydrogen (secondary N) is 1. The summed E-state index contributed by atoms with van der Waals surface area (Å²) in [5.41, 5.74) is 7.36. The van der Waals surface area contributed by atoms with Crippen LogP contribution in [-0.4, -0.2) is 22.4 Å². The molecule has 0 fully saturated rings. The average molecular weight is 256 g/mol. The van der Waals surface area contributed by atoms with Crippen molar-refractivity contribution in [2.24, 2.45) is 11.7 Å². The normalized spacial score (nSPS) is 11.8. The molecule has 1 unspecified atom stereocenters. The lowest BCUT2D eigenvalue weighted by atomic mass is 9.98. The van der Waals surface area contributed by atoms with E-state index in [1.54, 1.807) is 12.4 Å². The van der Waals surface area contributed by atoms with Gasteiger partial charge in [-0.3, -0.25) is 4.79 Å². The maximum Gasteiger partial charge on any atom is 0.229 e. The first-order valence-electron chi connectivity index (χ1n) is 6.09. The Morgan fingerprint density at radius 3 is 2.53 bits per heavy atom. The number of nitrogens with two attached hydrogens (primary N) is 1. The van der Waals surface area contributed by atoms with E-state index in [2.05, 4.69) is 15.3 Å². The van der Waals surface area contributed by atoms with Crippen molar-refractivity contribution in [1.82, 2.24) is 9.97 Å². The Kier molecular flexibility index (Phi) is 4.58. The molecular formula is C14H16N4O. The van der Waals surface area contributed by atoms with Gasteiger partial charge in [-0.2, -0.15) is 0 Å². The van der Waals surface area contributed by atoms with Crippen molar-refractivity contribution in [3.8, 4) is 0 Å². The second-order valence-electron chi connectivity index (χ2n) is 4.24. The summed E-state index contributed by atoms with van der Waals surface area (Å²) in [4.78, 5) is 19.8. The number of aromatic nitrogens is 2. The minimum absolute atomic E-state index is 0.110. The van der Waals surface area contributed by atoms with Crippen LogP contribution < -0.4 is 11.1 Å². The van der Waals surface area contributed by atoms with E-state index in [0.717, 1.165) is 5.56 Å². The third-order valence-electron chi connectivity index (χ3n) is 2.81. The lowest BCUT2D eigenvalue weighted by Gasteiger charge is -2.14. The molecule has 1 heterocycles. The molecule has 1 amide bonds. The van der Waals surface area contributed by atoms with Gasteiger partial charge in [0.1, 0.15) is 6.33 Å². The maximum atomic E-state index is 12.1. The van der Waals surface area contributed by atoms with Crippen LogP contribution in [-0.2, 0) is 11.2 Å². The molecule has 2 aromatic rings. The van der Waals surface area contributed by atoms with E-state index in [1.807, 2.05) is 30.3 Å². The van der Waals surface area contributed by atoms with Gasteiger partial charge in [-0.05, 0) is 12.0 Å². The summed E-state index contributed by atoms with van der Waals surface area (Å²) in [5, 5.41) is 2.77. The summed E-state index contributed by atoms with van der Waals surface area (Å²) in [5.74, 6) is -0.372. The average Bonchev–Trinajstić information content (AvgIpc) is 2.47. The molecule has 0 saturated heterocycles. The first-order chi connectivity index (χ1) is 9.29. The molecule has 0 radical (unpaired) electrons. The van der Waals surface area contributed by atoms with Gasteiger partial charge in [0.25, 0.3) is 0 Å². The molecule has 0 bridgehead atoms. The molecule has 2 rings (SSSR count). The van der Waals surface area contributed by atoms with Crippen molar-refractivity contribution in [2.45, 2.75) is 6.42 Å². The predicted octanol–water partition coefficient (Wildman–Crippen LogP) is 1.23. The monoisotopic (exact) mass is 256 g/mol. The van der Waals surface area contributed by atoms with Crippen LogP contribution in [0.2, 0.25) is 0 Å². The van der Waals surface area contributed by atoms with E-state index < -0.39 is 0 Å². The van der Waals surface area contributed by atoms with E-state index >= 15 is 0 Å². The lowest BCUT2D eigenvalue weighted by Crippen LogP contribution is -2.31. The Bertz CT molecular complexity index is 515. The molecule has 1 atom stereocenters. The summed E-state index contributed by atoms with van der Waals surface area (Å²) in [6.07, 6.45) is 5.15. The van der Waals surface area contributed by atoms with E-state index in [0.29, 0.717) is 18.7 Å². The largest absolute Gasteiger partial charge is 0.330 e. The van der Waals surface area contributed by atoms with Crippen molar-refractivity contribution in [2.75, 3.05) is 11.9 Å². The molecule has 0 aliphatic heterocycles. The zero-order valence-corrected chi connectivity index (χ0v) is 10.5. The molecule has 5 heteroatoms. The topological polar surface area (TPSA) is 80.9 Å². The molecule has 98 valence electrons. The number of amides is 1. The summed E-state index contributed by atoms with van der Waals surface area (Å²) in [7, 11) is 0. The Morgan fingerprint density at radius 2 is 1.89 bits per heavy atom. The predicted molar refractivity (Wildman–Crippen MR) is 73.4 cm³/mol. The second-order valence-corrected chi connectivity index (χ2v) is 4.24. The molecule has 3 N–H and O–H groups in total. The van der Waals surface area contributed by atoms with Gasteiger partial charge in [-0.1, -0.05) is 30.3 Å². The van der Waals surface area contributed by atoms with Gasteiger partial charge in [0.2, 0.25) is 5.91 Å². The summed E-state index contributed by atoms with van der Waals surface area (Å²) in [6, 6.07) is 9.82. The van der Waals surface area contributed by atoms with Crippen LogP contribution in [0.3, 0.4) is 0 Å². The molecule has 0 saturated carbocycles. The summed E-state index contributed by atoms with van der Waals surface area (Å²) in [6.45, 7) is 0.300. The van der Waals surface area contributed by atoms with Crippen molar-refractivity contribution in [3.63, 3.8) is 0 Å². The van der Waals surface area contributed by atoms with Gasteiger partial charge in [-0.15, -0.1) is 0 Å². The fraction of sp³-hybridized carbons (Fsp3) is 0.214. The number of nitrogens with zero attached hydrogens (tertiary/aromatic N) is 2. The Balaban J connectivity index is 2.00. The van der Waals surface area contributed by atoms with E-state index in [1.165, 1.54) is 6.33 Å². The number of carbonyl (C=O) groups is 1. The Labute approximate surface area is 111 Å². The molecular weight excluding hydrogens is 240 g/mol. The van der Waals surface area contributed by atoms with Crippen LogP contribution in [0.1, 0.15) is 5.56 Å². The highest BCUT2D eigenvalue weighted by atomic mass is 16.1. The van der Waals surface area contributed by atoms with Gasteiger partial charge in [0, 0.05) is 6.54 Å². The van der Waals surface area contributed by atoms with Crippen LogP contribution in [0.5, 0.6) is 0 Å². The number of anilines is 1. The smallest absolute Gasteiger partial charge is 0.229 e. The first-order valence-corrected chi connectivity index (χ1v) is 6.09. The first kappa shape index (κ1) is 13.2. The highest BCUT2D eigenvalue weighted by Crippen LogP contribution is 2.11. The summed E-state index contributed by atoms with van der Waals surface area (Å²) < 4.78 is 0. The van der Waals surface area contributed by atoms with Crippen LogP contribution in [0.25, 0.3) is 0 Å². The molecule has 0 aliphatic rings.